The lowest BCUT2D eigenvalue weighted by atomic mass is 10.1. The standard InChI is InChI=1S/C12H13NS/c1-2-10-3-5-11(6-4-10)7-12-8-13-9-14-12/h3-6,8-9H,2,7H2,1H3. The number of rotatable bonds is 3. The second-order valence-corrected chi connectivity index (χ2v) is 4.29. The lowest BCUT2D eigenvalue weighted by Gasteiger charge is -2.00. The van der Waals surface area contributed by atoms with Crippen molar-refractivity contribution in [1.82, 2.24) is 4.98 Å². The van der Waals surface area contributed by atoms with Gasteiger partial charge in [-0.3, -0.25) is 4.98 Å². The Morgan fingerprint density at radius 1 is 1.14 bits per heavy atom. The van der Waals surface area contributed by atoms with Crippen LogP contribution in [-0.2, 0) is 12.8 Å². The molecule has 0 N–H and O–H groups in total. The van der Waals surface area contributed by atoms with E-state index in [1.54, 1.807) is 11.3 Å². The molecule has 0 saturated carbocycles. The van der Waals surface area contributed by atoms with Crippen LogP contribution in [0, 0.1) is 0 Å². The fraction of sp³-hybridized carbons (Fsp3) is 0.250. The molecule has 1 nitrogen and oxygen atoms in total. The third kappa shape index (κ3) is 2.20. The molecule has 0 bridgehead atoms. The van der Waals surface area contributed by atoms with Gasteiger partial charge in [0.05, 0.1) is 5.51 Å². The van der Waals surface area contributed by atoms with E-state index in [1.807, 2.05) is 11.7 Å². The smallest absolute Gasteiger partial charge is 0.0794 e. The molecule has 0 fully saturated rings. The molecule has 0 amide bonds. The number of hydrogen-bond acceptors (Lipinski definition) is 2. The maximum absolute atomic E-state index is 4.07. The van der Waals surface area contributed by atoms with Crippen LogP contribution in [0.25, 0.3) is 0 Å². The summed E-state index contributed by atoms with van der Waals surface area (Å²) in [7, 11) is 0. The first-order valence-corrected chi connectivity index (χ1v) is 5.71. The van der Waals surface area contributed by atoms with Gasteiger partial charge in [-0.15, -0.1) is 11.3 Å². The SMILES string of the molecule is CCc1ccc(Cc2cncs2)cc1. The summed E-state index contributed by atoms with van der Waals surface area (Å²) in [5, 5.41) is 0. The Labute approximate surface area is 88.4 Å². The molecule has 2 rings (SSSR count). The van der Waals surface area contributed by atoms with E-state index in [-0.39, 0.29) is 0 Å². The van der Waals surface area contributed by atoms with Crippen LogP contribution in [0.15, 0.2) is 36.0 Å². The van der Waals surface area contributed by atoms with Crippen LogP contribution >= 0.6 is 11.3 Å². The minimum Gasteiger partial charge on any atom is -0.253 e. The number of thiazole rings is 1. The molecule has 0 atom stereocenters. The van der Waals surface area contributed by atoms with Crippen molar-refractivity contribution in [3.63, 3.8) is 0 Å². The fourth-order valence-electron chi connectivity index (χ4n) is 1.42. The summed E-state index contributed by atoms with van der Waals surface area (Å²) < 4.78 is 0. The van der Waals surface area contributed by atoms with Crippen molar-refractivity contribution >= 4 is 11.3 Å². The van der Waals surface area contributed by atoms with Gasteiger partial charge in [0.2, 0.25) is 0 Å². The third-order valence-electron chi connectivity index (χ3n) is 2.29. The van der Waals surface area contributed by atoms with Gasteiger partial charge in [0, 0.05) is 17.5 Å². The topological polar surface area (TPSA) is 12.9 Å². The fourth-order valence-corrected chi connectivity index (χ4v) is 2.05. The summed E-state index contributed by atoms with van der Waals surface area (Å²) in [6.07, 6.45) is 4.06. The van der Waals surface area contributed by atoms with Gasteiger partial charge in [-0.25, -0.2) is 0 Å². The van der Waals surface area contributed by atoms with Crippen molar-refractivity contribution in [3.8, 4) is 0 Å². The lowest BCUT2D eigenvalue weighted by Crippen LogP contribution is -1.86. The minimum atomic E-state index is 1.01. The van der Waals surface area contributed by atoms with Crippen molar-refractivity contribution < 1.29 is 0 Å². The van der Waals surface area contributed by atoms with Crippen LogP contribution < -0.4 is 0 Å². The van der Waals surface area contributed by atoms with Crippen molar-refractivity contribution in [2.45, 2.75) is 19.8 Å². The van der Waals surface area contributed by atoms with Gasteiger partial charge in [-0.05, 0) is 17.5 Å². The zero-order valence-corrected chi connectivity index (χ0v) is 9.05. The number of hydrogen-bond donors (Lipinski definition) is 0. The summed E-state index contributed by atoms with van der Waals surface area (Å²) in [5.41, 5.74) is 4.65. The second kappa shape index (κ2) is 4.38. The molecular formula is C12H13NS. The predicted molar refractivity (Wildman–Crippen MR) is 60.7 cm³/mol. The highest BCUT2D eigenvalue weighted by atomic mass is 32.1. The summed E-state index contributed by atoms with van der Waals surface area (Å²) in [5.74, 6) is 0. The molecule has 0 aliphatic heterocycles. The van der Waals surface area contributed by atoms with Gasteiger partial charge in [-0.1, -0.05) is 31.2 Å². The van der Waals surface area contributed by atoms with E-state index >= 15 is 0 Å². The van der Waals surface area contributed by atoms with E-state index in [0.717, 1.165) is 12.8 Å². The molecule has 1 heterocycles. The van der Waals surface area contributed by atoms with E-state index in [4.69, 9.17) is 0 Å². The van der Waals surface area contributed by atoms with Gasteiger partial charge < -0.3 is 0 Å². The Morgan fingerprint density at radius 3 is 2.43 bits per heavy atom. The van der Waals surface area contributed by atoms with Crippen LogP contribution in [-0.4, -0.2) is 4.98 Å². The number of aryl methyl sites for hydroxylation is 1. The molecule has 0 saturated heterocycles. The first kappa shape index (κ1) is 9.41. The second-order valence-electron chi connectivity index (χ2n) is 3.31. The first-order valence-electron chi connectivity index (χ1n) is 4.83. The highest BCUT2D eigenvalue weighted by Crippen LogP contribution is 2.13. The van der Waals surface area contributed by atoms with E-state index < -0.39 is 0 Å². The van der Waals surface area contributed by atoms with Gasteiger partial charge in [0.15, 0.2) is 0 Å². The molecule has 0 radical (unpaired) electrons. The van der Waals surface area contributed by atoms with Crippen LogP contribution in [0.2, 0.25) is 0 Å². The Kier molecular flexibility index (Phi) is 2.94. The normalized spacial score (nSPS) is 10.4. The zero-order valence-electron chi connectivity index (χ0n) is 8.23. The van der Waals surface area contributed by atoms with E-state index in [2.05, 4.69) is 36.2 Å². The molecule has 0 spiro atoms. The van der Waals surface area contributed by atoms with Gasteiger partial charge in [-0.2, -0.15) is 0 Å². The van der Waals surface area contributed by atoms with Gasteiger partial charge in [0.25, 0.3) is 0 Å². The quantitative estimate of drug-likeness (QED) is 0.746. The average molecular weight is 203 g/mol. The first-order chi connectivity index (χ1) is 6.88. The number of aromatic nitrogens is 1. The molecule has 1 aromatic carbocycles. The Balaban J connectivity index is 2.10. The molecular weight excluding hydrogens is 190 g/mol. The van der Waals surface area contributed by atoms with Crippen molar-refractivity contribution in [3.05, 3.63) is 52.0 Å². The van der Waals surface area contributed by atoms with E-state index in [1.165, 1.54) is 16.0 Å². The monoisotopic (exact) mass is 203 g/mol. The molecule has 1 aromatic heterocycles. The lowest BCUT2D eigenvalue weighted by molar-refractivity contribution is 1.12. The Bertz CT molecular complexity index is 375. The van der Waals surface area contributed by atoms with Gasteiger partial charge >= 0.3 is 0 Å². The number of benzene rings is 1. The summed E-state index contributed by atoms with van der Waals surface area (Å²) in [6.45, 7) is 2.18. The summed E-state index contributed by atoms with van der Waals surface area (Å²) in [6, 6.07) is 8.82. The maximum atomic E-state index is 4.07. The maximum Gasteiger partial charge on any atom is 0.0794 e. The number of nitrogens with zero attached hydrogens (tertiary/aromatic N) is 1. The highest BCUT2D eigenvalue weighted by Gasteiger charge is 1.97. The van der Waals surface area contributed by atoms with Crippen LogP contribution in [0.5, 0.6) is 0 Å². The molecule has 2 heteroatoms. The summed E-state index contributed by atoms with van der Waals surface area (Å²) in [4.78, 5) is 5.40. The summed E-state index contributed by atoms with van der Waals surface area (Å²) >= 11 is 1.72. The third-order valence-corrected chi connectivity index (χ3v) is 3.07. The van der Waals surface area contributed by atoms with Crippen molar-refractivity contribution in [1.29, 1.82) is 0 Å². The molecule has 72 valence electrons. The Morgan fingerprint density at radius 2 is 1.86 bits per heavy atom. The van der Waals surface area contributed by atoms with Gasteiger partial charge in [0.1, 0.15) is 0 Å². The van der Waals surface area contributed by atoms with Crippen LogP contribution in [0.4, 0.5) is 0 Å². The molecule has 14 heavy (non-hydrogen) atoms. The van der Waals surface area contributed by atoms with Crippen LogP contribution in [0.1, 0.15) is 22.9 Å². The predicted octanol–water partition coefficient (Wildman–Crippen LogP) is 3.30. The molecule has 0 aliphatic rings. The Hall–Kier alpha value is -1.15. The van der Waals surface area contributed by atoms with Crippen LogP contribution in [0.3, 0.4) is 0 Å². The highest BCUT2D eigenvalue weighted by molar-refractivity contribution is 7.09. The van der Waals surface area contributed by atoms with E-state index in [9.17, 15) is 0 Å². The van der Waals surface area contributed by atoms with E-state index in [0.29, 0.717) is 0 Å². The molecule has 0 aliphatic carbocycles. The molecule has 2 aromatic rings. The van der Waals surface area contributed by atoms with Crippen molar-refractivity contribution in [2.75, 3.05) is 0 Å². The molecule has 0 unspecified atom stereocenters. The largest absolute Gasteiger partial charge is 0.253 e. The zero-order chi connectivity index (χ0) is 9.80. The minimum absolute atomic E-state index is 1.01. The van der Waals surface area contributed by atoms with Crippen molar-refractivity contribution in [2.24, 2.45) is 0 Å². The average Bonchev–Trinajstić information content (AvgIpc) is 2.72.